The first-order valence-electron chi connectivity index (χ1n) is 8.19. The Balaban J connectivity index is 1.53. The van der Waals surface area contributed by atoms with Crippen molar-refractivity contribution in [2.45, 2.75) is 18.9 Å². The van der Waals surface area contributed by atoms with E-state index in [0.717, 1.165) is 36.1 Å². The number of aryl methyl sites for hydroxylation is 1. The summed E-state index contributed by atoms with van der Waals surface area (Å²) in [5, 5.41) is 3.53. The predicted octanol–water partition coefficient (Wildman–Crippen LogP) is 4.66. The van der Waals surface area contributed by atoms with Crippen molar-refractivity contribution < 1.29 is 4.79 Å². The first-order chi connectivity index (χ1) is 11.8. The van der Waals surface area contributed by atoms with E-state index in [-0.39, 0.29) is 0 Å². The Labute approximate surface area is 141 Å². The molecule has 1 unspecified atom stereocenters. The van der Waals surface area contributed by atoms with Gasteiger partial charge in [-0.2, -0.15) is 0 Å². The summed E-state index contributed by atoms with van der Waals surface area (Å²) in [4.78, 5) is 15.5. The van der Waals surface area contributed by atoms with Gasteiger partial charge in [-0.15, -0.1) is 0 Å². The van der Waals surface area contributed by atoms with Crippen molar-refractivity contribution in [3.8, 4) is 11.1 Å². The average Bonchev–Trinajstić information content (AvgIpc) is 3.05. The molecule has 1 aromatic heterocycles. The van der Waals surface area contributed by atoms with Gasteiger partial charge in [-0.25, -0.2) is 4.98 Å². The standard InChI is InChI=1S/C21H18N2O/c24-14-15-4-3-6-17(12-15)18-9-11-21(22-13-18)23-20-10-8-16-5-1-2-7-19(16)20/h1-7,9,11-14,20H,8,10H2,(H,22,23). The molecular weight excluding hydrogens is 296 g/mol. The molecule has 0 amide bonds. The molecule has 1 aliphatic carbocycles. The van der Waals surface area contributed by atoms with E-state index in [2.05, 4.69) is 34.6 Å². The summed E-state index contributed by atoms with van der Waals surface area (Å²) in [5.41, 5.74) is 5.50. The van der Waals surface area contributed by atoms with Gasteiger partial charge >= 0.3 is 0 Å². The number of nitrogens with zero attached hydrogens (tertiary/aromatic N) is 1. The molecule has 1 atom stereocenters. The Hall–Kier alpha value is -2.94. The van der Waals surface area contributed by atoms with Crippen molar-refractivity contribution in [1.29, 1.82) is 0 Å². The molecule has 0 saturated heterocycles. The molecule has 0 fully saturated rings. The minimum absolute atomic E-state index is 0.331. The van der Waals surface area contributed by atoms with Gasteiger partial charge in [0, 0.05) is 17.3 Å². The van der Waals surface area contributed by atoms with E-state index in [4.69, 9.17) is 0 Å². The number of hydrogen-bond acceptors (Lipinski definition) is 3. The number of rotatable bonds is 4. The second-order valence-corrected chi connectivity index (χ2v) is 6.11. The lowest BCUT2D eigenvalue weighted by atomic mass is 10.1. The van der Waals surface area contributed by atoms with Gasteiger partial charge in [-0.1, -0.05) is 42.5 Å². The average molecular weight is 314 g/mol. The van der Waals surface area contributed by atoms with Gasteiger partial charge in [-0.3, -0.25) is 4.79 Å². The van der Waals surface area contributed by atoms with Gasteiger partial charge in [0.05, 0.1) is 6.04 Å². The lowest BCUT2D eigenvalue weighted by molar-refractivity contribution is 0.112. The van der Waals surface area contributed by atoms with Gasteiger partial charge in [0.25, 0.3) is 0 Å². The quantitative estimate of drug-likeness (QED) is 0.712. The minimum Gasteiger partial charge on any atom is -0.363 e. The van der Waals surface area contributed by atoms with Crippen LogP contribution in [0, 0.1) is 0 Å². The number of carbonyl (C=O) groups excluding carboxylic acids is 1. The highest BCUT2D eigenvalue weighted by molar-refractivity contribution is 5.78. The molecule has 0 bridgehead atoms. The maximum absolute atomic E-state index is 10.9. The van der Waals surface area contributed by atoms with Crippen LogP contribution in [-0.4, -0.2) is 11.3 Å². The second kappa shape index (κ2) is 6.28. The van der Waals surface area contributed by atoms with Crippen molar-refractivity contribution in [3.05, 3.63) is 83.6 Å². The summed E-state index contributed by atoms with van der Waals surface area (Å²) in [5.74, 6) is 0.881. The number of aromatic nitrogens is 1. The van der Waals surface area contributed by atoms with Crippen LogP contribution in [0.25, 0.3) is 11.1 Å². The van der Waals surface area contributed by atoms with Crippen LogP contribution < -0.4 is 5.32 Å². The molecule has 1 aliphatic rings. The second-order valence-electron chi connectivity index (χ2n) is 6.11. The largest absolute Gasteiger partial charge is 0.363 e. The SMILES string of the molecule is O=Cc1cccc(-c2ccc(NC3CCc4ccccc43)nc2)c1. The van der Waals surface area contributed by atoms with Gasteiger partial charge < -0.3 is 5.32 Å². The molecule has 0 spiro atoms. The molecule has 1 N–H and O–H groups in total. The highest BCUT2D eigenvalue weighted by Gasteiger charge is 2.21. The van der Waals surface area contributed by atoms with Crippen molar-refractivity contribution >= 4 is 12.1 Å². The first kappa shape index (κ1) is 14.6. The predicted molar refractivity (Wildman–Crippen MR) is 96.2 cm³/mol. The fraction of sp³-hybridized carbons (Fsp3) is 0.143. The number of carbonyl (C=O) groups is 1. The van der Waals surface area contributed by atoms with Gasteiger partial charge in [0.1, 0.15) is 12.1 Å². The van der Waals surface area contributed by atoms with E-state index in [1.807, 2.05) is 36.5 Å². The highest BCUT2D eigenvalue weighted by atomic mass is 16.1. The molecule has 3 aromatic rings. The maximum Gasteiger partial charge on any atom is 0.150 e. The molecule has 0 aliphatic heterocycles. The van der Waals surface area contributed by atoms with E-state index < -0.39 is 0 Å². The molecule has 3 heteroatoms. The van der Waals surface area contributed by atoms with Gasteiger partial charge in [0.2, 0.25) is 0 Å². The molecule has 3 nitrogen and oxygen atoms in total. The number of aldehydes is 1. The van der Waals surface area contributed by atoms with Gasteiger partial charge in [0.15, 0.2) is 0 Å². The monoisotopic (exact) mass is 314 g/mol. The number of fused-ring (bicyclic) bond motifs is 1. The Morgan fingerprint density at radius 2 is 1.92 bits per heavy atom. The van der Waals surface area contributed by atoms with Crippen LogP contribution in [0.2, 0.25) is 0 Å². The van der Waals surface area contributed by atoms with Crippen LogP contribution in [0.5, 0.6) is 0 Å². The number of hydrogen-bond donors (Lipinski definition) is 1. The van der Waals surface area contributed by atoms with Gasteiger partial charge in [-0.05, 0) is 47.7 Å². The third-order valence-corrected chi connectivity index (χ3v) is 4.57. The summed E-state index contributed by atoms with van der Waals surface area (Å²) in [7, 11) is 0. The van der Waals surface area contributed by atoms with E-state index >= 15 is 0 Å². The zero-order chi connectivity index (χ0) is 16.4. The van der Waals surface area contributed by atoms with E-state index in [1.165, 1.54) is 11.1 Å². The van der Waals surface area contributed by atoms with Crippen molar-refractivity contribution in [1.82, 2.24) is 4.98 Å². The maximum atomic E-state index is 10.9. The lowest BCUT2D eigenvalue weighted by Gasteiger charge is -2.15. The molecule has 1 heterocycles. The summed E-state index contributed by atoms with van der Waals surface area (Å²) >= 11 is 0. The summed E-state index contributed by atoms with van der Waals surface area (Å²) in [6, 6.07) is 20.5. The topological polar surface area (TPSA) is 42.0 Å². The Bertz CT molecular complexity index is 871. The van der Waals surface area contributed by atoms with Crippen LogP contribution in [-0.2, 0) is 6.42 Å². The third kappa shape index (κ3) is 2.81. The normalized spacial score (nSPS) is 15.8. The molecule has 2 aromatic carbocycles. The molecule has 118 valence electrons. The number of benzene rings is 2. The zero-order valence-corrected chi connectivity index (χ0v) is 13.3. The van der Waals surface area contributed by atoms with Crippen molar-refractivity contribution in [2.75, 3.05) is 5.32 Å². The van der Waals surface area contributed by atoms with Crippen LogP contribution in [0.15, 0.2) is 66.9 Å². The summed E-state index contributed by atoms with van der Waals surface area (Å²) in [6.45, 7) is 0. The smallest absolute Gasteiger partial charge is 0.150 e. The zero-order valence-electron chi connectivity index (χ0n) is 13.3. The van der Waals surface area contributed by atoms with Crippen molar-refractivity contribution in [3.63, 3.8) is 0 Å². The first-order valence-corrected chi connectivity index (χ1v) is 8.19. The number of pyridine rings is 1. The summed E-state index contributed by atoms with van der Waals surface area (Å²) < 4.78 is 0. The lowest BCUT2D eigenvalue weighted by Crippen LogP contribution is -2.08. The van der Waals surface area contributed by atoms with E-state index in [9.17, 15) is 4.79 Å². The fourth-order valence-corrected chi connectivity index (χ4v) is 3.33. The van der Waals surface area contributed by atoms with E-state index in [0.29, 0.717) is 11.6 Å². The Morgan fingerprint density at radius 1 is 1.00 bits per heavy atom. The van der Waals surface area contributed by atoms with Crippen LogP contribution in [0.4, 0.5) is 5.82 Å². The molecule has 4 rings (SSSR count). The molecular formula is C21H18N2O. The van der Waals surface area contributed by atoms with Crippen LogP contribution in [0.1, 0.15) is 33.9 Å². The number of anilines is 1. The molecule has 0 radical (unpaired) electrons. The number of nitrogens with one attached hydrogen (secondary N) is 1. The molecule has 24 heavy (non-hydrogen) atoms. The third-order valence-electron chi connectivity index (χ3n) is 4.57. The van der Waals surface area contributed by atoms with Crippen molar-refractivity contribution in [2.24, 2.45) is 0 Å². The Kier molecular flexibility index (Phi) is 3.83. The fourth-order valence-electron chi connectivity index (χ4n) is 3.33. The van der Waals surface area contributed by atoms with Crippen LogP contribution >= 0.6 is 0 Å². The molecule has 0 saturated carbocycles. The van der Waals surface area contributed by atoms with E-state index in [1.54, 1.807) is 6.07 Å². The van der Waals surface area contributed by atoms with Crippen LogP contribution in [0.3, 0.4) is 0 Å². The Morgan fingerprint density at radius 3 is 2.75 bits per heavy atom. The summed E-state index contributed by atoms with van der Waals surface area (Å²) in [6.07, 6.45) is 4.94. The highest BCUT2D eigenvalue weighted by Crippen LogP contribution is 2.33. The minimum atomic E-state index is 0.331.